The summed E-state index contributed by atoms with van der Waals surface area (Å²) in [7, 11) is 0. The van der Waals surface area contributed by atoms with Crippen LogP contribution in [0.5, 0.6) is 0 Å². The van der Waals surface area contributed by atoms with Gasteiger partial charge in [-0.2, -0.15) is 10.4 Å². The highest BCUT2D eigenvalue weighted by Gasteiger charge is 2.34. The van der Waals surface area contributed by atoms with Crippen molar-refractivity contribution in [2.45, 2.75) is 50.2 Å². The van der Waals surface area contributed by atoms with Crippen molar-refractivity contribution >= 4 is 0 Å². The van der Waals surface area contributed by atoms with E-state index >= 15 is 0 Å². The predicted octanol–water partition coefficient (Wildman–Crippen LogP) is 1.70. The first kappa shape index (κ1) is 13.6. The molecule has 2 heterocycles. The standard InChI is InChI=1S/C15H22N4O/c16-8-13-9-17-19(10-13)14-4-7-18(11-14)12-15(20)5-2-1-3-6-15/h9-10,14,20H,1-7,11-12H2. The van der Waals surface area contributed by atoms with Gasteiger partial charge < -0.3 is 5.11 Å². The fourth-order valence-electron chi connectivity index (χ4n) is 3.55. The Morgan fingerprint density at radius 3 is 2.90 bits per heavy atom. The molecule has 1 aliphatic carbocycles. The number of hydrogen-bond acceptors (Lipinski definition) is 4. The van der Waals surface area contributed by atoms with E-state index in [2.05, 4.69) is 16.1 Å². The number of nitriles is 1. The summed E-state index contributed by atoms with van der Waals surface area (Å²) in [6.45, 7) is 2.72. The number of aromatic nitrogens is 2. The molecule has 2 aliphatic rings. The van der Waals surface area contributed by atoms with Crippen LogP contribution in [0.1, 0.15) is 50.1 Å². The number of nitrogens with zero attached hydrogens (tertiary/aromatic N) is 4. The highest BCUT2D eigenvalue weighted by atomic mass is 16.3. The molecule has 2 fully saturated rings. The maximum Gasteiger partial charge on any atom is 0.102 e. The number of likely N-dealkylation sites (tertiary alicyclic amines) is 1. The van der Waals surface area contributed by atoms with E-state index in [1.54, 1.807) is 6.20 Å². The van der Waals surface area contributed by atoms with Gasteiger partial charge in [-0.25, -0.2) is 0 Å². The second-order valence-electron chi connectivity index (χ2n) is 6.28. The summed E-state index contributed by atoms with van der Waals surface area (Å²) in [4.78, 5) is 2.35. The SMILES string of the molecule is N#Cc1cnn(C2CCN(CC3(O)CCCCC3)C2)c1. The van der Waals surface area contributed by atoms with Crippen LogP contribution in [0, 0.1) is 11.3 Å². The van der Waals surface area contributed by atoms with Crippen LogP contribution < -0.4 is 0 Å². The second-order valence-corrected chi connectivity index (χ2v) is 6.28. The Hall–Kier alpha value is -1.38. The number of aliphatic hydroxyl groups is 1. The van der Waals surface area contributed by atoms with E-state index < -0.39 is 5.60 Å². The van der Waals surface area contributed by atoms with E-state index in [0.717, 1.165) is 51.7 Å². The minimum atomic E-state index is -0.477. The molecule has 1 aromatic rings. The third-order valence-electron chi connectivity index (χ3n) is 4.65. The summed E-state index contributed by atoms with van der Waals surface area (Å²) in [5.41, 5.74) is 0.143. The van der Waals surface area contributed by atoms with Crippen molar-refractivity contribution < 1.29 is 5.11 Å². The maximum absolute atomic E-state index is 10.6. The van der Waals surface area contributed by atoms with Crippen LogP contribution in [-0.4, -0.2) is 45.0 Å². The lowest BCUT2D eigenvalue weighted by atomic mass is 9.84. The molecule has 0 bridgehead atoms. The van der Waals surface area contributed by atoms with Gasteiger partial charge in [-0.3, -0.25) is 9.58 Å². The average molecular weight is 274 g/mol. The van der Waals surface area contributed by atoms with Crippen molar-refractivity contribution in [2.24, 2.45) is 0 Å². The number of hydrogen-bond donors (Lipinski definition) is 1. The lowest BCUT2D eigenvalue weighted by molar-refractivity contribution is -0.0220. The van der Waals surface area contributed by atoms with Crippen molar-refractivity contribution in [3.05, 3.63) is 18.0 Å². The molecule has 0 aromatic carbocycles. The van der Waals surface area contributed by atoms with Gasteiger partial charge in [0, 0.05) is 25.8 Å². The molecule has 0 amide bonds. The van der Waals surface area contributed by atoms with E-state index in [1.165, 1.54) is 6.42 Å². The van der Waals surface area contributed by atoms with Gasteiger partial charge in [0.1, 0.15) is 6.07 Å². The molecule has 1 atom stereocenters. The van der Waals surface area contributed by atoms with Crippen LogP contribution in [0.2, 0.25) is 0 Å². The van der Waals surface area contributed by atoms with Gasteiger partial charge in [-0.1, -0.05) is 19.3 Å². The van der Waals surface area contributed by atoms with Crippen LogP contribution in [0.3, 0.4) is 0 Å². The molecule has 0 spiro atoms. The summed E-state index contributed by atoms with van der Waals surface area (Å²) in [5.74, 6) is 0. The third kappa shape index (κ3) is 2.87. The van der Waals surface area contributed by atoms with Crippen LogP contribution in [0.15, 0.2) is 12.4 Å². The van der Waals surface area contributed by atoms with Crippen LogP contribution in [0.4, 0.5) is 0 Å². The van der Waals surface area contributed by atoms with E-state index in [1.807, 2.05) is 10.9 Å². The van der Waals surface area contributed by atoms with Gasteiger partial charge in [0.05, 0.1) is 23.4 Å². The zero-order valence-electron chi connectivity index (χ0n) is 11.8. The van der Waals surface area contributed by atoms with E-state index in [9.17, 15) is 5.11 Å². The van der Waals surface area contributed by atoms with Gasteiger partial charge in [0.15, 0.2) is 0 Å². The molecule has 0 radical (unpaired) electrons. The van der Waals surface area contributed by atoms with Crippen molar-refractivity contribution in [3.8, 4) is 6.07 Å². The normalized spacial score (nSPS) is 26.5. The first-order valence-electron chi connectivity index (χ1n) is 7.58. The summed E-state index contributed by atoms with van der Waals surface area (Å²) in [6, 6.07) is 2.45. The third-order valence-corrected chi connectivity index (χ3v) is 4.65. The van der Waals surface area contributed by atoms with Crippen molar-refractivity contribution in [1.82, 2.24) is 14.7 Å². The first-order valence-corrected chi connectivity index (χ1v) is 7.58. The Kier molecular flexibility index (Phi) is 3.77. The summed E-state index contributed by atoms with van der Waals surface area (Å²) in [6.07, 6.45) is 9.93. The molecule has 1 unspecified atom stereocenters. The first-order chi connectivity index (χ1) is 9.68. The molecule has 108 valence electrons. The molecule has 1 N–H and O–H groups in total. The minimum absolute atomic E-state index is 0.337. The molecule has 3 rings (SSSR count). The van der Waals surface area contributed by atoms with E-state index in [0.29, 0.717) is 11.6 Å². The Morgan fingerprint density at radius 2 is 2.20 bits per heavy atom. The molecule has 5 nitrogen and oxygen atoms in total. The zero-order chi connectivity index (χ0) is 14.0. The summed E-state index contributed by atoms with van der Waals surface area (Å²) in [5, 5.41) is 23.7. The molecule has 1 saturated carbocycles. The minimum Gasteiger partial charge on any atom is -0.389 e. The Labute approximate surface area is 119 Å². The highest BCUT2D eigenvalue weighted by molar-refractivity contribution is 5.22. The Bertz CT molecular complexity index is 498. The highest BCUT2D eigenvalue weighted by Crippen LogP contribution is 2.31. The van der Waals surface area contributed by atoms with Crippen molar-refractivity contribution in [1.29, 1.82) is 5.26 Å². The fourth-order valence-corrected chi connectivity index (χ4v) is 3.55. The number of β-amino-alcohol motifs (C(OH)–C–C–N with tert-alkyl or cyclic N) is 1. The topological polar surface area (TPSA) is 65.1 Å². The summed E-state index contributed by atoms with van der Waals surface area (Å²) >= 11 is 0. The van der Waals surface area contributed by atoms with Gasteiger partial charge >= 0.3 is 0 Å². The maximum atomic E-state index is 10.6. The van der Waals surface area contributed by atoms with Gasteiger partial charge in [0.2, 0.25) is 0 Å². The largest absolute Gasteiger partial charge is 0.389 e. The van der Waals surface area contributed by atoms with Gasteiger partial charge in [0.25, 0.3) is 0 Å². The Balaban J connectivity index is 1.58. The van der Waals surface area contributed by atoms with Gasteiger partial charge in [-0.05, 0) is 19.3 Å². The average Bonchev–Trinajstić information content (AvgIpc) is 3.07. The van der Waals surface area contributed by atoms with Crippen molar-refractivity contribution in [2.75, 3.05) is 19.6 Å². The quantitative estimate of drug-likeness (QED) is 0.911. The van der Waals surface area contributed by atoms with Crippen LogP contribution in [0.25, 0.3) is 0 Å². The molecule has 20 heavy (non-hydrogen) atoms. The molecular formula is C15H22N4O. The van der Waals surface area contributed by atoms with Crippen LogP contribution >= 0.6 is 0 Å². The van der Waals surface area contributed by atoms with E-state index in [-0.39, 0.29) is 0 Å². The van der Waals surface area contributed by atoms with E-state index in [4.69, 9.17) is 5.26 Å². The zero-order valence-corrected chi connectivity index (χ0v) is 11.8. The summed E-state index contributed by atoms with van der Waals surface area (Å²) < 4.78 is 1.91. The lowest BCUT2D eigenvalue weighted by Gasteiger charge is -2.35. The molecular weight excluding hydrogens is 252 g/mol. The monoisotopic (exact) mass is 274 g/mol. The smallest absolute Gasteiger partial charge is 0.102 e. The molecule has 1 aliphatic heterocycles. The molecule has 1 saturated heterocycles. The fraction of sp³-hybridized carbons (Fsp3) is 0.733. The lowest BCUT2D eigenvalue weighted by Crippen LogP contribution is -2.43. The Morgan fingerprint density at radius 1 is 1.40 bits per heavy atom. The van der Waals surface area contributed by atoms with Gasteiger partial charge in [-0.15, -0.1) is 0 Å². The van der Waals surface area contributed by atoms with Crippen molar-refractivity contribution in [3.63, 3.8) is 0 Å². The second kappa shape index (κ2) is 5.55. The predicted molar refractivity (Wildman–Crippen MR) is 75.1 cm³/mol. The number of rotatable bonds is 3. The molecule has 5 heteroatoms. The van der Waals surface area contributed by atoms with Crippen LogP contribution in [-0.2, 0) is 0 Å². The molecule has 1 aromatic heterocycles.